The zero-order valence-corrected chi connectivity index (χ0v) is 11.7. The van der Waals surface area contributed by atoms with E-state index in [0.29, 0.717) is 12.2 Å². The molecule has 0 atom stereocenters. The second kappa shape index (κ2) is 5.64. The third kappa shape index (κ3) is 3.09. The molecule has 1 N–H and O–H groups in total. The van der Waals surface area contributed by atoms with Gasteiger partial charge < -0.3 is 5.11 Å². The van der Waals surface area contributed by atoms with Crippen LogP contribution in [0.25, 0.3) is 0 Å². The summed E-state index contributed by atoms with van der Waals surface area (Å²) in [6.45, 7) is 2.22. The molecule has 0 amide bonds. The van der Waals surface area contributed by atoms with Crippen LogP contribution in [0.4, 0.5) is 5.69 Å². The van der Waals surface area contributed by atoms with Gasteiger partial charge in [-0.2, -0.15) is 0 Å². The molecule has 4 nitrogen and oxygen atoms in total. The second-order valence-corrected chi connectivity index (χ2v) is 6.57. The van der Waals surface area contributed by atoms with Crippen molar-refractivity contribution in [3.8, 4) is 11.8 Å². The molecule has 0 aromatic heterocycles. The number of hydrogen-bond acceptors (Lipinski definition) is 3. The first-order chi connectivity index (χ1) is 9.04. The van der Waals surface area contributed by atoms with Crippen molar-refractivity contribution < 1.29 is 13.5 Å². The Morgan fingerprint density at radius 2 is 2.16 bits per heavy atom. The number of benzene rings is 1. The van der Waals surface area contributed by atoms with E-state index in [1.807, 2.05) is 19.1 Å². The molecule has 0 bridgehead atoms. The lowest BCUT2D eigenvalue weighted by Gasteiger charge is -2.29. The van der Waals surface area contributed by atoms with Gasteiger partial charge in [-0.25, -0.2) is 8.42 Å². The molecule has 0 saturated carbocycles. The van der Waals surface area contributed by atoms with Crippen molar-refractivity contribution in [2.45, 2.75) is 19.8 Å². The summed E-state index contributed by atoms with van der Waals surface area (Å²) < 4.78 is 25.7. The van der Waals surface area contributed by atoms with Crippen molar-refractivity contribution in [1.82, 2.24) is 0 Å². The molecule has 1 aromatic rings. The Hall–Kier alpha value is -1.51. The predicted octanol–water partition coefficient (Wildman–Crippen LogP) is 1.27. The van der Waals surface area contributed by atoms with Gasteiger partial charge in [0.05, 0.1) is 11.4 Å². The number of aliphatic hydroxyl groups excluding tert-OH is 1. The fourth-order valence-corrected chi connectivity index (χ4v) is 3.85. The van der Waals surface area contributed by atoms with E-state index in [0.717, 1.165) is 24.0 Å². The van der Waals surface area contributed by atoms with Crippen LogP contribution in [0.5, 0.6) is 0 Å². The van der Waals surface area contributed by atoms with Gasteiger partial charge in [-0.15, -0.1) is 0 Å². The first kappa shape index (κ1) is 13.9. The fourth-order valence-electron chi connectivity index (χ4n) is 2.16. The minimum Gasteiger partial charge on any atom is -0.384 e. The summed E-state index contributed by atoms with van der Waals surface area (Å²) in [4.78, 5) is 0. The number of rotatable bonds is 1. The standard InChI is InChI=1S/C14H17NO3S/c1-12-6-7-13(5-4-9-16)11-14(12)15-8-2-3-10-19(15,17)18/h6-7,11,16H,2-3,8-10H2,1H3. The monoisotopic (exact) mass is 279 g/mol. The molecule has 1 saturated heterocycles. The first-order valence-corrected chi connectivity index (χ1v) is 7.86. The van der Waals surface area contributed by atoms with Crippen molar-refractivity contribution >= 4 is 15.7 Å². The predicted molar refractivity (Wildman–Crippen MR) is 75.5 cm³/mol. The van der Waals surface area contributed by atoms with Crippen LogP contribution >= 0.6 is 0 Å². The van der Waals surface area contributed by atoms with Gasteiger partial charge in [0, 0.05) is 12.1 Å². The van der Waals surface area contributed by atoms with Crippen molar-refractivity contribution in [3.05, 3.63) is 29.3 Å². The molecule has 1 aliphatic rings. The molecular weight excluding hydrogens is 262 g/mol. The van der Waals surface area contributed by atoms with Gasteiger partial charge in [-0.05, 0) is 37.5 Å². The molecule has 0 radical (unpaired) electrons. The summed E-state index contributed by atoms with van der Waals surface area (Å²) in [7, 11) is -3.20. The van der Waals surface area contributed by atoms with E-state index in [1.165, 1.54) is 4.31 Å². The van der Waals surface area contributed by atoms with Gasteiger partial charge in [0.15, 0.2) is 0 Å². The first-order valence-electron chi connectivity index (χ1n) is 6.25. The number of hydrogen-bond donors (Lipinski definition) is 1. The van der Waals surface area contributed by atoms with Gasteiger partial charge in [0.1, 0.15) is 6.61 Å². The number of nitrogens with zero attached hydrogens (tertiary/aromatic N) is 1. The van der Waals surface area contributed by atoms with E-state index in [9.17, 15) is 8.42 Å². The highest BCUT2D eigenvalue weighted by molar-refractivity contribution is 7.92. The zero-order chi connectivity index (χ0) is 13.9. The van der Waals surface area contributed by atoms with Crippen LogP contribution in [0.1, 0.15) is 24.0 Å². The van der Waals surface area contributed by atoms with Crippen molar-refractivity contribution in [1.29, 1.82) is 0 Å². The smallest absolute Gasteiger partial charge is 0.235 e. The summed E-state index contributed by atoms with van der Waals surface area (Å²) in [6.07, 6.45) is 1.60. The summed E-state index contributed by atoms with van der Waals surface area (Å²) in [5.74, 6) is 5.59. The van der Waals surface area contributed by atoms with Gasteiger partial charge in [-0.3, -0.25) is 4.31 Å². The topological polar surface area (TPSA) is 57.6 Å². The molecular formula is C14H17NO3S. The quantitative estimate of drug-likeness (QED) is 0.788. The Morgan fingerprint density at radius 3 is 2.84 bits per heavy atom. The molecule has 2 rings (SSSR count). The second-order valence-electron chi connectivity index (χ2n) is 4.56. The van der Waals surface area contributed by atoms with Crippen LogP contribution in [-0.2, 0) is 10.0 Å². The third-order valence-electron chi connectivity index (χ3n) is 3.14. The molecule has 0 unspecified atom stereocenters. The van der Waals surface area contributed by atoms with Crippen LogP contribution in [0.15, 0.2) is 18.2 Å². The van der Waals surface area contributed by atoms with E-state index >= 15 is 0 Å². The van der Waals surface area contributed by atoms with Crippen LogP contribution in [0.2, 0.25) is 0 Å². The van der Waals surface area contributed by atoms with E-state index < -0.39 is 10.0 Å². The average molecular weight is 279 g/mol. The molecule has 1 fully saturated rings. The van der Waals surface area contributed by atoms with E-state index in [4.69, 9.17) is 5.11 Å². The number of aryl methyl sites for hydroxylation is 1. The minimum atomic E-state index is -3.20. The van der Waals surface area contributed by atoms with Crippen molar-refractivity contribution in [2.24, 2.45) is 0 Å². The Labute approximate surface area is 114 Å². The Balaban J connectivity index is 2.43. The van der Waals surface area contributed by atoms with E-state index in [-0.39, 0.29) is 12.4 Å². The minimum absolute atomic E-state index is 0.203. The van der Waals surface area contributed by atoms with Gasteiger partial charge in [-0.1, -0.05) is 17.9 Å². The zero-order valence-electron chi connectivity index (χ0n) is 10.9. The molecule has 19 heavy (non-hydrogen) atoms. The van der Waals surface area contributed by atoms with Gasteiger partial charge in [0.2, 0.25) is 10.0 Å². The van der Waals surface area contributed by atoms with Crippen LogP contribution < -0.4 is 4.31 Å². The maximum Gasteiger partial charge on any atom is 0.235 e. The van der Waals surface area contributed by atoms with Gasteiger partial charge in [0.25, 0.3) is 0 Å². The normalized spacial score (nSPS) is 17.7. The lowest BCUT2D eigenvalue weighted by Crippen LogP contribution is -2.38. The maximum absolute atomic E-state index is 12.1. The average Bonchev–Trinajstić information content (AvgIpc) is 2.38. The highest BCUT2D eigenvalue weighted by Gasteiger charge is 2.27. The lowest BCUT2D eigenvalue weighted by atomic mass is 10.1. The Morgan fingerprint density at radius 1 is 1.37 bits per heavy atom. The van der Waals surface area contributed by atoms with Crippen LogP contribution in [0, 0.1) is 18.8 Å². The molecule has 102 valence electrons. The number of sulfonamides is 1. The van der Waals surface area contributed by atoms with Crippen LogP contribution in [0.3, 0.4) is 0 Å². The molecule has 0 aliphatic carbocycles. The highest BCUT2D eigenvalue weighted by Crippen LogP contribution is 2.27. The molecule has 1 heterocycles. The van der Waals surface area contributed by atoms with E-state index in [2.05, 4.69) is 11.8 Å². The molecule has 5 heteroatoms. The number of aliphatic hydroxyl groups is 1. The lowest BCUT2D eigenvalue weighted by molar-refractivity contribution is 0.350. The maximum atomic E-state index is 12.1. The fraction of sp³-hybridized carbons (Fsp3) is 0.429. The van der Waals surface area contributed by atoms with Gasteiger partial charge >= 0.3 is 0 Å². The Kier molecular flexibility index (Phi) is 4.13. The molecule has 1 aliphatic heterocycles. The largest absolute Gasteiger partial charge is 0.384 e. The Bertz CT molecular complexity index is 626. The van der Waals surface area contributed by atoms with Crippen LogP contribution in [-0.4, -0.2) is 32.4 Å². The summed E-state index contributed by atoms with van der Waals surface area (Å²) in [5.41, 5.74) is 2.33. The number of anilines is 1. The molecule has 0 spiro atoms. The third-order valence-corrected chi connectivity index (χ3v) is 4.99. The summed E-state index contributed by atoms with van der Waals surface area (Å²) >= 11 is 0. The summed E-state index contributed by atoms with van der Waals surface area (Å²) in [6, 6.07) is 5.47. The van der Waals surface area contributed by atoms with Crippen molar-refractivity contribution in [2.75, 3.05) is 23.2 Å². The molecule has 1 aromatic carbocycles. The van der Waals surface area contributed by atoms with E-state index in [1.54, 1.807) is 6.07 Å². The SMILES string of the molecule is Cc1ccc(C#CCO)cc1N1CCCCS1(=O)=O. The van der Waals surface area contributed by atoms with Crippen molar-refractivity contribution in [3.63, 3.8) is 0 Å². The summed E-state index contributed by atoms with van der Waals surface area (Å²) in [5, 5.41) is 8.70. The highest BCUT2D eigenvalue weighted by atomic mass is 32.2.